The maximum absolute atomic E-state index is 12.1. The molecule has 2 heterocycles. The van der Waals surface area contributed by atoms with Crippen molar-refractivity contribution in [3.8, 4) is 0 Å². The number of rotatable bonds is 4. The lowest BCUT2D eigenvalue weighted by Gasteiger charge is -2.11. The highest BCUT2D eigenvalue weighted by Crippen LogP contribution is 2.21. The van der Waals surface area contributed by atoms with Crippen LogP contribution in [0, 0.1) is 17.0 Å². The lowest BCUT2D eigenvalue weighted by atomic mass is 10.2. The molecule has 0 saturated heterocycles. The van der Waals surface area contributed by atoms with Gasteiger partial charge in [-0.1, -0.05) is 11.6 Å². The number of nitro groups is 1. The van der Waals surface area contributed by atoms with Gasteiger partial charge in [-0.2, -0.15) is 0 Å². The molecule has 0 spiro atoms. The van der Waals surface area contributed by atoms with Crippen molar-refractivity contribution in [1.82, 2.24) is 10.3 Å². The van der Waals surface area contributed by atoms with E-state index in [2.05, 4.69) is 10.3 Å². The summed E-state index contributed by atoms with van der Waals surface area (Å²) < 4.78 is 5.40. The second-order valence-electron chi connectivity index (χ2n) is 4.43. The number of nitrogens with zero attached hydrogens (tertiary/aromatic N) is 2. The molecule has 110 valence electrons. The van der Waals surface area contributed by atoms with Gasteiger partial charge in [0.25, 0.3) is 11.6 Å². The van der Waals surface area contributed by atoms with Gasteiger partial charge >= 0.3 is 0 Å². The number of amides is 1. The minimum atomic E-state index is -0.639. The zero-order valence-electron chi connectivity index (χ0n) is 11.3. The average molecular weight is 310 g/mol. The van der Waals surface area contributed by atoms with Crippen LogP contribution in [-0.2, 0) is 0 Å². The molecule has 21 heavy (non-hydrogen) atoms. The van der Waals surface area contributed by atoms with Crippen molar-refractivity contribution in [3.05, 3.63) is 56.7 Å². The van der Waals surface area contributed by atoms with Crippen LogP contribution in [-0.4, -0.2) is 15.8 Å². The van der Waals surface area contributed by atoms with E-state index in [0.29, 0.717) is 5.76 Å². The Hall–Kier alpha value is -2.41. The molecular weight excluding hydrogens is 298 g/mol. The number of aryl methyl sites for hydroxylation is 1. The summed E-state index contributed by atoms with van der Waals surface area (Å²) in [4.78, 5) is 25.8. The molecule has 0 radical (unpaired) electrons. The van der Waals surface area contributed by atoms with Gasteiger partial charge in [0, 0.05) is 6.07 Å². The summed E-state index contributed by atoms with van der Waals surface area (Å²) in [7, 11) is 0. The summed E-state index contributed by atoms with van der Waals surface area (Å²) in [6.07, 6.45) is 0.998. The summed E-state index contributed by atoms with van der Waals surface area (Å²) in [5.74, 6) is 0.745. The topological polar surface area (TPSA) is 98.3 Å². The van der Waals surface area contributed by atoms with Crippen LogP contribution in [0.1, 0.15) is 34.8 Å². The molecule has 0 aliphatic heterocycles. The van der Waals surface area contributed by atoms with Crippen LogP contribution in [0.3, 0.4) is 0 Å². The number of furan rings is 1. The molecule has 0 saturated carbocycles. The van der Waals surface area contributed by atoms with E-state index in [4.69, 9.17) is 16.0 Å². The Labute approximate surface area is 125 Å². The molecule has 0 aliphatic rings. The maximum Gasteiger partial charge on any atom is 0.288 e. The predicted octanol–water partition coefficient (Wildman–Crippen LogP) is 3.04. The second kappa shape index (κ2) is 5.92. The molecule has 2 rings (SSSR count). The van der Waals surface area contributed by atoms with Crippen LogP contribution in [0.25, 0.3) is 0 Å². The normalized spacial score (nSPS) is 12.0. The number of carbonyl (C=O) groups is 1. The third-order valence-corrected chi connectivity index (χ3v) is 3.12. The molecule has 1 amide bonds. The zero-order chi connectivity index (χ0) is 15.6. The van der Waals surface area contributed by atoms with Gasteiger partial charge in [-0.05, 0) is 26.0 Å². The number of hydrogen-bond donors (Lipinski definition) is 1. The molecule has 8 heteroatoms. The number of nitrogens with one attached hydrogen (secondary N) is 1. The minimum Gasteiger partial charge on any atom is -0.464 e. The van der Waals surface area contributed by atoms with E-state index in [1.54, 1.807) is 26.0 Å². The van der Waals surface area contributed by atoms with Crippen LogP contribution < -0.4 is 5.32 Å². The smallest absolute Gasteiger partial charge is 0.288 e. The van der Waals surface area contributed by atoms with Crippen molar-refractivity contribution in [1.29, 1.82) is 0 Å². The van der Waals surface area contributed by atoms with Gasteiger partial charge in [0.15, 0.2) is 0 Å². The molecule has 2 aromatic rings. The molecule has 1 unspecified atom stereocenters. The number of halogens is 1. The number of carbonyl (C=O) groups excluding carboxylic acids is 1. The van der Waals surface area contributed by atoms with E-state index in [0.717, 1.165) is 18.0 Å². The van der Waals surface area contributed by atoms with Gasteiger partial charge in [0.2, 0.25) is 0 Å². The van der Waals surface area contributed by atoms with Crippen molar-refractivity contribution in [3.63, 3.8) is 0 Å². The van der Waals surface area contributed by atoms with E-state index >= 15 is 0 Å². The van der Waals surface area contributed by atoms with E-state index in [1.165, 1.54) is 0 Å². The first kappa shape index (κ1) is 15.0. The summed E-state index contributed by atoms with van der Waals surface area (Å²) in [5.41, 5.74) is -0.355. The monoisotopic (exact) mass is 309 g/mol. The molecule has 0 aromatic carbocycles. The predicted molar refractivity (Wildman–Crippen MR) is 75.2 cm³/mol. The van der Waals surface area contributed by atoms with Gasteiger partial charge in [0.05, 0.1) is 16.5 Å². The van der Waals surface area contributed by atoms with Gasteiger partial charge in [0.1, 0.15) is 22.9 Å². The number of hydrogen-bond acceptors (Lipinski definition) is 5. The highest BCUT2D eigenvalue weighted by Gasteiger charge is 2.20. The Bertz CT molecular complexity index is 698. The SMILES string of the molecule is Cc1ccc(C(C)NC(=O)c2cc([N+](=O)[O-])cnc2Cl)o1. The first-order valence-electron chi connectivity index (χ1n) is 6.05. The fourth-order valence-corrected chi connectivity index (χ4v) is 1.92. The highest BCUT2D eigenvalue weighted by molar-refractivity contribution is 6.32. The van der Waals surface area contributed by atoms with Crippen molar-refractivity contribution in [2.24, 2.45) is 0 Å². The molecule has 0 aliphatic carbocycles. The summed E-state index contributed by atoms with van der Waals surface area (Å²) in [5, 5.41) is 13.3. The van der Waals surface area contributed by atoms with Crippen LogP contribution in [0.2, 0.25) is 5.15 Å². The van der Waals surface area contributed by atoms with Crippen molar-refractivity contribution in [2.45, 2.75) is 19.9 Å². The Balaban J connectivity index is 2.20. The third-order valence-electron chi connectivity index (χ3n) is 2.82. The fraction of sp³-hybridized carbons (Fsp3) is 0.231. The van der Waals surface area contributed by atoms with Gasteiger partial charge in [-0.15, -0.1) is 0 Å². The molecule has 2 aromatic heterocycles. The Morgan fingerprint density at radius 3 is 2.81 bits per heavy atom. The lowest BCUT2D eigenvalue weighted by Crippen LogP contribution is -2.26. The summed E-state index contributed by atoms with van der Waals surface area (Å²) in [6, 6.07) is 4.21. The molecular formula is C13H12ClN3O4. The number of aromatic nitrogens is 1. The van der Waals surface area contributed by atoms with Crippen LogP contribution >= 0.6 is 11.6 Å². The summed E-state index contributed by atoms with van der Waals surface area (Å²) >= 11 is 5.81. The van der Waals surface area contributed by atoms with E-state index in [9.17, 15) is 14.9 Å². The Morgan fingerprint density at radius 1 is 1.52 bits per heavy atom. The molecule has 7 nitrogen and oxygen atoms in total. The van der Waals surface area contributed by atoms with Gasteiger partial charge in [-0.3, -0.25) is 14.9 Å². The Morgan fingerprint density at radius 2 is 2.24 bits per heavy atom. The second-order valence-corrected chi connectivity index (χ2v) is 4.79. The molecule has 1 N–H and O–H groups in total. The fourth-order valence-electron chi connectivity index (χ4n) is 1.73. The van der Waals surface area contributed by atoms with Crippen molar-refractivity contribution >= 4 is 23.2 Å². The number of pyridine rings is 1. The first-order valence-corrected chi connectivity index (χ1v) is 6.43. The van der Waals surface area contributed by atoms with Crippen molar-refractivity contribution < 1.29 is 14.1 Å². The zero-order valence-corrected chi connectivity index (χ0v) is 12.0. The largest absolute Gasteiger partial charge is 0.464 e. The standard InChI is InChI=1S/C13H12ClN3O4/c1-7-3-4-11(21-7)8(2)16-13(18)10-5-9(17(19)20)6-15-12(10)14/h3-6,8H,1-2H3,(H,16,18). The van der Waals surface area contributed by atoms with E-state index < -0.39 is 16.9 Å². The quantitative estimate of drug-likeness (QED) is 0.531. The summed E-state index contributed by atoms with van der Waals surface area (Å²) in [6.45, 7) is 3.52. The first-order chi connectivity index (χ1) is 9.88. The van der Waals surface area contributed by atoms with Crippen LogP contribution in [0.15, 0.2) is 28.8 Å². The lowest BCUT2D eigenvalue weighted by molar-refractivity contribution is -0.385. The average Bonchev–Trinajstić information content (AvgIpc) is 2.85. The molecule has 0 fully saturated rings. The molecule has 0 bridgehead atoms. The van der Waals surface area contributed by atoms with Crippen molar-refractivity contribution in [2.75, 3.05) is 0 Å². The van der Waals surface area contributed by atoms with Crippen LogP contribution in [0.4, 0.5) is 5.69 Å². The minimum absolute atomic E-state index is 0.0546. The molecule has 1 atom stereocenters. The van der Waals surface area contributed by atoms with E-state index in [1.807, 2.05) is 0 Å². The van der Waals surface area contributed by atoms with Crippen LogP contribution in [0.5, 0.6) is 0 Å². The maximum atomic E-state index is 12.1. The highest BCUT2D eigenvalue weighted by atomic mass is 35.5. The third kappa shape index (κ3) is 3.38. The van der Waals surface area contributed by atoms with E-state index in [-0.39, 0.29) is 16.4 Å². The van der Waals surface area contributed by atoms with Gasteiger partial charge in [-0.25, -0.2) is 4.98 Å². The Kier molecular flexibility index (Phi) is 4.23. The van der Waals surface area contributed by atoms with Gasteiger partial charge < -0.3 is 9.73 Å².